The number of hydrogen-bond donors (Lipinski definition) is 1. The lowest BCUT2D eigenvalue weighted by Gasteiger charge is -2.07. The van der Waals surface area contributed by atoms with E-state index in [0.29, 0.717) is 12.1 Å². The van der Waals surface area contributed by atoms with Crippen LogP contribution in [0.5, 0.6) is 0 Å². The molecule has 1 aromatic carbocycles. The first kappa shape index (κ1) is 10.9. The van der Waals surface area contributed by atoms with Crippen molar-refractivity contribution in [2.45, 2.75) is 11.8 Å². The molecule has 0 spiro atoms. The number of carbonyl (C=O) groups excluding carboxylic acids is 1. The van der Waals surface area contributed by atoms with E-state index >= 15 is 0 Å². The van der Waals surface area contributed by atoms with Crippen molar-refractivity contribution in [1.29, 1.82) is 0 Å². The molecule has 0 aliphatic heterocycles. The first-order valence-corrected chi connectivity index (χ1v) is 5.20. The molecular weight excluding hydrogens is 202 g/mol. The molecule has 1 atom stereocenters. The van der Waals surface area contributed by atoms with Gasteiger partial charge in [0.15, 0.2) is 0 Å². The number of amides is 1. The lowest BCUT2D eigenvalue weighted by Crippen LogP contribution is -2.22. The fraction of sp³-hybridized carbons (Fsp3) is 0.222. The fourth-order valence-electron chi connectivity index (χ4n) is 1.00. The SMILES string of the molecule is CCNC(=O)c1cccc(S(=O)[O-])c1. The predicted octanol–water partition coefficient (Wildman–Crippen LogP) is 0.674. The first-order valence-electron chi connectivity index (χ1n) is 4.12. The van der Waals surface area contributed by atoms with Gasteiger partial charge in [-0.15, -0.1) is 0 Å². The van der Waals surface area contributed by atoms with E-state index in [0.717, 1.165) is 0 Å². The third-order valence-corrected chi connectivity index (χ3v) is 2.26. The van der Waals surface area contributed by atoms with Crippen LogP contribution in [0.3, 0.4) is 0 Å². The molecule has 0 aromatic heterocycles. The van der Waals surface area contributed by atoms with Crippen LogP contribution in [-0.4, -0.2) is 21.2 Å². The van der Waals surface area contributed by atoms with Crippen molar-refractivity contribution in [3.63, 3.8) is 0 Å². The highest BCUT2D eigenvalue weighted by molar-refractivity contribution is 7.79. The van der Waals surface area contributed by atoms with Gasteiger partial charge < -0.3 is 9.87 Å². The Bertz CT molecular complexity index is 365. The third-order valence-electron chi connectivity index (χ3n) is 1.63. The monoisotopic (exact) mass is 212 g/mol. The summed E-state index contributed by atoms with van der Waals surface area (Å²) >= 11 is -2.29. The Balaban J connectivity index is 2.93. The molecule has 0 saturated carbocycles. The molecule has 1 unspecified atom stereocenters. The summed E-state index contributed by atoms with van der Waals surface area (Å²) in [5.74, 6) is -0.264. The average Bonchev–Trinajstić information content (AvgIpc) is 2.18. The van der Waals surface area contributed by atoms with Gasteiger partial charge in [0.25, 0.3) is 5.91 Å². The van der Waals surface area contributed by atoms with Gasteiger partial charge in [0.2, 0.25) is 0 Å². The van der Waals surface area contributed by atoms with Gasteiger partial charge in [-0.3, -0.25) is 9.00 Å². The highest BCUT2D eigenvalue weighted by Crippen LogP contribution is 2.07. The molecule has 0 saturated heterocycles. The van der Waals surface area contributed by atoms with E-state index in [4.69, 9.17) is 0 Å². The van der Waals surface area contributed by atoms with E-state index in [1.165, 1.54) is 18.2 Å². The summed E-state index contributed by atoms with van der Waals surface area (Å²) in [6, 6.07) is 5.89. The molecule has 14 heavy (non-hydrogen) atoms. The van der Waals surface area contributed by atoms with Gasteiger partial charge in [-0.2, -0.15) is 0 Å². The number of hydrogen-bond acceptors (Lipinski definition) is 3. The van der Waals surface area contributed by atoms with Crippen LogP contribution in [-0.2, 0) is 11.1 Å². The van der Waals surface area contributed by atoms with Crippen LogP contribution < -0.4 is 5.32 Å². The Hall–Kier alpha value is -1.20. The smallest absolute Gasteiger partial charge is 0.251 e. The molecule has 1 aromatic rings. The van der Waals surface area contributed by atoms with E-state index in [2.05, 4.69) is 5.32 Å². The Morgan fingerprint density at radius 3 is 2.86 bits per heavy atom. The summed E-state index contributed by atoms with van der Waals surface area (Å²) in [7, 11) is 0. The average molecular weight is 212 g/mol. The first-order chi connectivity index (χ1) is 6.65. The number of benzene rings is 1. The van der Waals surface area contributed by atoms with Crippen molar-refractivity contribution < 1.29 is 13.6 Å². The Morgan fingerprint density at radius 2 is 2.29 bits per heavy atom. The van der Waals surface area contributed by atoms with Crippen molar-refractivity contribution in [3.8, 4) is 0 Å². The molecule has 76 valence electrons. The summed E-state index contributed by atoms with van der Waals surface area (Å²) in [5, 5.41) is 2.59. The van der Waals surface area contributed by atoms with Crippen molar-refractivity contribution in [2.75, 3.05) is 6.54 Å². The minimum absolute atomic E-state index is 0.119. The highest BCUT2D eigenvalue weighted by Gasteiger charge is 2.04. The predicted molar refractivity (Wildman–Crippen MR) is 51.6 cm³/mol. The number of carbonyl (C=O) groups is 1. The van der Waals surface area contributed by atoms with Gasteiger partial charge in [0.05, 0.1) is 0 Å². The molecule has 0 heterocycles. The second kappa shape index (κ2) is 4.88. The largest absolute Gasteiger partial charge is 0.768 e. The Kier molecular flexibility index (Phi) is 3.79. The normalized spacial score (nSPS) is 12.1. The molecule has 4 nitrogen and oxygen atoms in total. The van der Waals surface area contributed by atoms with Crippen LogP contribution in [0, 0.1) is 0 Å². The van der Waals surface area contributed by atoms with Gasteiger partial charge in [-0.05, 0) is 36.2 Å². The maximum atomic E-state index is 11.3. The minimum Gasteiger partial charge on any atom is -0.768 e. The van der Waals surface area contributed by atoms with Crippen molar-refractivity contribution in [2.24, 2.45) is 0 Å². The van der Waals surface area contributed by atoms with Crippen LogP contribution in [0.1, 0.15) is 17.3 Å². The molecule has 0 fully saturated rings. The topological polar surface area (TPSA) is 69.2 Å². The van der Waals surface area contributed by atoms with Gasteiger partial charge in [-0.25, -0.2) is 0 Å². The zero-order valence-electron chi connectivity index (χ0n) is 7.65. The number of rotatable bonds is 3. The van der Waals surface area contributed by atoms with Crippen LogP contribution >= 0.6 is 0 Å². The van der Waals surface area contributed by atoms with E-state index in [1.54, 1.807) is 13.0 Å². The Labute approximate surface area is 84.6 Å². The molecule has 1 amide bonds. The van der Waals surface area contributed by atoms with Crippen LogP contribution in [0.4, 0.5) is 0 Å². The van der Waals surface area contributed by atoms with E-state index < -0.39 is 11.1 Å². The molecule has 5 heteroatoms. The lowest BCUT2D eigenvalue weighted by atomic mass is 10.2. The molecule has 0 radical (unpaired) electrons. The van der Waals surface area contributed by atoms with Crippen molar-refractivity contribution in [1.82, 2.24) is 5.32 Å². The maximum Gasteiger partial charge on any atom is 0.251 e. The molecule has 0 aliphatic carbocycles. The third kappa shape index (κ3) is 2.65. The van der Waals surface area contributed by atoms with E-state index in [9.17, 15) is 13.6 Å². The maximum absolute atomic E-state index is 11.3. The van der Waals surface area contributed by atoms with Gasteiger partial charge >= 0.3 is 0 Å². The quantitative estimate of drug-likeness (QED) is 0.749. The summed E-state index contributed by atoms with van der Waals surface area (Å²) in [4.78, 5) is 11.4. The molecular formula is C9H10NO3S-. The van der Waals surface area contributed by atoms with Gasteiger partial charge in [0, 0.05) is 17.0 Å². The minimum atomic E-state index is -2.29. The molecule has 0 aliphatic rings. The second-order valence-corrected chi connectivity index (χ2v) is 3.56. The highest BCUT2D eigenvalue weighted by atomic mass is 32.2. The Morgan fingerprint density at radius 1 is 1.57 bits per heavy atom. The summed E-state index contributed by atoms with van der Waals surface area (Å²) < 4.78 is 21.2. The molecule has 0 bridgehead atoms. The van der Waals surface area contributed by atoms with Crippen LogP contribution in [0.15, 0.2) is 29.2 Å². The lowest BCUT2D eigenvalue weighted by molar-refractivity contribution is 0.0955. The second-order valence-electron chi connectivity index (χ2n) is 2.62. The zero-order chi connectivity index (χ0) is 10.6. The fourth-order valence-corrected chi connectivity index (χ4v) is 1.42. The molecule has 1 rings (SSSR count). The summed E-state index contributed by atoms with van der Waals surface area (Å²) in [6.07, 6.45) is 0. The van der Waals surface area contributed by atoms with Crippen LogP contribution in [0.2, 0.25) is 0 Å². The zero-order valence-corrected chi connectivity index (χ0v) is 8.47. The van der Waals surface area contributed by atoms with E-state index in [1.807, 2.05) is 0 Å². The van der Waals surface area contributed by atoms with Crippen molar-refractivity contribution in [3.05, 3.63) is 29.8 Å². The number of nitrogens with one attached hydrogen (secondary N) is 1. The molecule has 1 N–H and O–H groups in total. The van der Waals surface area contributed by atoms with Gasteiger partial charge in [-0.1, -0.05) is 6.07 Å². The summed E-state index contributed by atoms with van der Waals surface area (Å²) in [6.45, 7) is 2.32. The standard InChI is InChI=1S/C9H11NO3S/c1-2-10-9(11)7-4-3-5-8(6-7)14(12)13/h3-6H,2H2,1H3,(H,10,11)(H,12,13)/p-1. The van der Waals surface area contributed by atoms with Crippen LogP contribution in [0.25, 0.3) is 0 Å². The summed E-state index contributed by atoms with van der Waals surface area (Å²) in [5.41, 5.74) is 0.355. The van der Waals surface area contributed by atoms with E-state index in [-0.39, 0.29) is 10.8 Å². The van der Waals surface area contributed by atoms with Crippen molar-refractivity contribution >= 4 is 17.0 Å². The van der Waals surface area contributed by atoms with Gasteiger partial charge in [0.1, 0.15) is 0 Å².